The zero-order chi connectivity index (χ0) is 13.1. The Morgan fingerprint density at radius 1 is 1.61 bits per heavy atom. The van der Waals surface area contributed by atoms with Gasteiger partial charge >= 0.3 is 0 Å². The molecule has 1 aliphatic rings. The number of hydrogen-bond acceptors (Lipinski definition) is 4. The van der Waals surface area contributed by atoms with Crippen LogP contribution < -0.4 is 10.6 Å². The van der Waals surface area contributed by atoms with Crippen molar-refractivity contribution in [3.05, 3.63) is 22.2 Å². The standard InChI is InChI=1S/C12H16BrN3OS/c1-16-4-2-8-6-9(13)11(7-10(8)16)18-15-12(14)3-5-17/h6-7,17H,2-5H2,1H3,(H2,14,15). The molecule has 0 bridgehead atoms. The van der Waals surface area contributed by atoms with Gasteiger partial charge in [-0.2, -0.15) is 4.40 Å². The van der Waals surface area contributed by atoms with E-state index in [0.717, 1.165) is 22.3 Å². The van der Waals surface area contributed by atoms with Crippen molar-refractivity contribution >= 4 is 39.4 Å². The molecule has 0 saturated carbocycles. The SMILES string of the molecule is CN1CCc2cc(Br)c(SN=C(N)CCO)cc21. The Hall–Kier alpha value is -0.720. The minimum Gasteiger partial charge on any atom is -0.396 e. The first kappa shape index (κ1) is 13.7. The predicted molar refractivity (Wildman–Crippen MR) is 80.3 cm³/mol. The summed E-state index contributed by atoms with van der Waals surface area (Å²) in [5, 5.41) is 8.76. The highest BCUT2D eigenvalue weighted by Gasteiger charge is 2.18. The summed E-state index contributed by atoms with van der Waals surface area (Å²) in [6.07, 6.45) is 1.50. The molecule has 0 atom stereocenters. The molecule has 0 fully saturated rings. The molecule has 0 aromatic heterocycles. The van der Waals surface area contributed by atoms with Crippen LogP contribution in [0, 0.1) is 0 Å². The van der Waals surface area contributed by atoms with Crippen molar-refractivity contribution in [2.24, 2.45) is 10.1 Å². The third-order valence-electron chi connectivity index (χ3n) is 2.89. The van der Waals surface area contributed by atoms with Crippen molar-refractivity contribution in [1.29, 1.82) is 0 Å². The molecule has 18 heavy (non-hydrogen) atoms. The van der Waals surface area contributed by atoms with Gasteiger partial charge in [0.15, 0.2) is 0 Å². The monoisotopic (exact) mass is 329 g/mol. The summed E-state index contributed by atoms with van der Waals surface area (Å²) in [5.74, 6) is 0.461. The zero-order valence-electron chi connectivity index (χ0n) is 10.2. The average molecular weight is 330 g/mol. The summed E-state index contributed by atoms with van der Waals surface area (Å²) in [7, 11) is 2.09. The van der Waals surface area contributed by atoms with Crippen LogP contribution >= 0.6 is 27.9 Å². The molecular formula is C12H16BrN3OS. The van der Waals surface area contributed by atoms with E-state index in [4.69, 9.17) is 10.8 Å². The molecule has 1 heterocycles. The topological polar surface area (TPSA) is 61.8 Å². The van der Waals surface area contributed by atoms with Gasteiger partial charge in [-0.15, -0.1) is 0 Å². The summed E-state index contributed by atoms with van der Waals surface area (Å²) in [5.41, 5.74) is 8.29. The molecule has 3 N–H and O–H groups in total. The maximum absolute atomic E-state index is 8.76. The summed E-state index contributed by atoms with van der Waals surface area (Å²) in [6, 6.07) is 4.28. The van der Waals surface area contributed by atoms with Gasteiger partial charge in [0.1, 0.15) is 5.84 Å². The molecule has 98 valence electrons. The van der Waals surface area contributed by atoms with Gasteiger partial charge in [0.2, 0.25) is 0 Å². The number of rotatable bonds is 4. The highest BCUT2D eigenvalue weighted by atomic mass is 79.9. The third kappa shape index (κ3) is 2.99. The Kier molecular flexibility index (Phi) is 4.53. The first-order chi connectivity index (χ1) is 8.61. The first-order valence-corrected chi connectivity index (χ1v) is 7.32. The molecule has 1 aromatic rings. The third-order valence-corrected chi connectivity index (χ3v) is 4.67. The summed E-state index contributed by atoms with van der Waals surface area (Å²) >= 11 is 4.90. The molecule has 0 spiro atoms. The number of halogens is 1. The molecule has 6 heteroatoms. The van der Waals surface area contributed by atoms with Crippen LogP contribution in [0.5, 0.6) is 0 Å². The van der Waals surface area contributed by atoms with Crippen LogP contribution in [0.15, 0.2) is 25.9 Å². The van der Waals surface area contributed by atoms with Gasteiger partial charge in [-0.3, -0.25) is 0 Å². The number of aliphatic hydroxyl groups excluding tert-OH is 1. The van der Waals surface area contributed by atoms with Crippen LogP contribution in [-0.4, -0.2) is 31.1 Å². The maximum Gasteiger partial charge on any atom is 0.110 e. The fourth-order valence-electron chi connectivity index (χ4n) is 1.89. The van der Waals surface area contributed by atoms with Crippen LogP contribution in [0.3, 0.4) is 0 Å². The van der Waals surface area contributed by atoms with E-state index in [1.165, 1.54) is 23.2 Å². The fraction of sp³-hybridized carbons (Fsp3) is 0.417. The van der Waals surface area contributed by atoms with E-state index in [0.29, 0.717) is 12.3 Å². The Morgan fingerprint density at radius 3 is 3.11 bits per heavy atom. The van der Waals surface area contributed by atoms with E-state index < -0.39 is 0 Å². The van der Waals surface area contributed by atoms with Crippen LogP contribution in [0.25, 0.3) is 0 Å². The van der Waals surface area contributed by atoms with E-state index in [9.17, 15) is 0 Å². The summed E-state index contributed by atoms with van der Waals surface area (Å²) in [4.78, 5) is 3.29. The van der Waals surface area contributed by atoms with E-state index >= 15 is 0 Å². The number of aliphatic hydroxyl groups is 1. The van der Waals surface area contributed by atoms with Gasteiger partial charge in [0.25, 0.3) is 0 Å². The van der Waals surface area contributed by atoms with E-state index in [-0.39, 0.29) is 6.61 Å². The van der Waals surface area contributed by atoms with Gasteiger partial charge in [-0.05, 0) is 40.0 Å². The van der Waals surface area contributed by atoms with Crippen molar-refractivity contribution in [2.75, 3.05) is 25.1 Å². The lowest BCUT2D eigenvalue weighted by Crippen LogP contribution is -2.12. The summed E-state index contributed by atoms with van der Waals surface area (Å²) < 4.78 is 5.24. The second-order valence-corrected chi connectivity index (χ2v) is 5.89. The molecule has 0 unspecified atom stereocenters. The molecule has 2 rings (SSSR count). The number of hydrogen-bond donors (Lipinski definition) is 2. The van der Waals surface area contributed by atoms with Crippen LogP contribution in [0.1, 0.15) is 12.0 Å². The van der Waals surface area contributed by atoms with Gasteiger partial charge < -0.3 is 15.7 Å². The van der Waals surface area contributed by atoms with Crippen LogP contribution in [0.4, 0.5) is 5.69 Å². The number of nitrogens with two attached hydrogens (primary N) is 1. The molecule has 0 saturated heterocycles. The Labute approximate surface area is 120 Å². The zero-order valence-corrected chi connectivity index (χ0v) is 12.6. The van der Waals surface area contributed by atoms with Crippen molar-refractivity contribution < 1.29 is 5.11 Å². The Bertz CT molecular complexity index is 479. The molecule has 0 aliphatic carbocycles. The molecule has 1 aliphatic heterocycles. The minimum absolute atomic E-state index is 0.0317. The van der Waals surface area contributed by atoms with Crippen molar-refractivity contribution in [2.45, 2.75) is 17.7 Å². The molecule has 0 amide bonds. The van der Waals surface area contributed by atoms with Gasteiger partial charge in [0, 0.05) is 47.0 Å². The van der Waals surface area contributed by atoms with Crippen molar-refractivity contribution in [1.82, 2.24) is 0 Å². The molecular weight excluding hydrogens is 314 g/mol. The van der Waals surface area contributed by atoms with Crippen molar-refractivity contribution in [3.63, 3.8) is 0 Å². The van der Waals surface area contributed by atoms with E-state index in [1.807, 2.05) is 0 Å². The largest absolute Gasteiger partial charge is 0.396 e. The van der Waals surface area contributed by atoms with E-state index in [1.54, 1.807) is 0 Å². The number of nitrogens with zero attached hydrogens (tertiary/aromatic N) is 2. The molecule has 4 nitrogen and oxygen atoms in total. The minimum atomic E-state index is 0.0317. The Morgan fingerprint density at radius 2 is 2.39 bits per heavy atom. The normalized spacial score (nSPS) is 15.1. The van der Waals surface area contributed by atoms with Gasteiger partial charge in [-0.1, -0.05) is 0 Å². The maximum atomic E-state index is 8.76. The quantitative estimate of drug-likeness (QED) is 0.505. The predicted octanol–water partition coefficient (Wildman–Crippen LogP) is 2.19. The number of anilines is 1. The second kappa shape index (κ2) is 5.95. The van der Waals surface area contributed by atoms with Crippen LogP contribution in [-0.2, 0) is 6.42 Å². The highest BCUT2D eigenvalue weighted by Crippen LogP contribution is 2.37. The molecule has 0 radical (unpaired) electrons. The lowest BCUT2D eigenvalue weighted by atomic mass is 10.2. The molecule has 1 aromatic carbocycles. The van der Waals surface area contributed by atoms with Gasteiger partial charge in [0.05, 0.1) is 6.61 Å². The lowest BCUT2D eigenvalue weighted by Gasteiger charge is -2.13. The highest BCUT2D eigenvalue weighted by molar-refractivity contribution is 9.10. The van der Waals surface area contributed by atoms with Gasteiger partial charge in [-0.25, -0.2) is 0 Å². The number of fused-ring (bicyclic) bond motifs is 1. The van der Waals surface area contributed by atoms with E-state index in [2.05, 4.69) is 44.4 Å². The number of benzene rings is 1. The number of likely N-dealkylation sites (N-methyl/N-ethyl adjacent to an activating group) is 1. The lowest BCUT2D eigenvalue weighted by molar-refractivity contribution is 0.307. The van der Waals surface area contributed by atoms with Crippen molar-refractivity contribution in [3.8, 4) is 0 Å². The average Bonchev–Trinajstić information content (AvgIpc) is 2.68. The Balaban J connectivity index is 2.19. The summed E-state index contributed by atoms with van der Waals surface area (Å²) in [6.45, 7) is 1.09. The number of amidine groups is 1. The second-order valence-electron chi connectivity index (χ2n) is 4.23. The first-order valence-electron chi connectivity index (χ1n) is 5.75. The smallest absolute Gasteiger partial charge is 0.110 e. The fourth-order valence-corrected chi connectivity index (χ4v) is 3.11. The van der Waals surface area contributed by atoms with Crippen LogP contribution in [0.2, 0.25) is 0 Å².